The molecule has 1 saturated heterocycles. The monoisotopic (exact) mass is 400 g/mol. The number of aliphatic hydroxyl groups is 1. The number of esters is 1. The summed E-state index contributed by atoms with van der Waals surface area (Å²) >= 11 is 0. The van der Waals surface area contributed by atoms with Gasteiger partial charge in [0.05, 0.1) is 19.1 Å². The van der Waals surface area contributed by atoms with Gasteiger partial charge in [-0.15, -0.1) is 0 Å². The number of methoxy groups -OCH3 is 1. The van der Waals surface area contributed by atoms with Crippen LogP contribution in [0.25, 0.3) is 6.08 Å². The molecule has 1 saturated carbocycles. The van der Waals surface area contributed by atoms with Gasteiger partial charge in [-0.3, -0.25) is 14.5 Å². The van der Waals surface area contributed by atoms with Gasteiger partial charge in [0.2, 0.25) is 0 Å². The fourth-order valence-corrected chi connectivity index (χ4v) is 5.87. The van der Waals surface area contributed by atoms with Crippen LogP contribution in [0.5, 0.6) is 0 Å². The molecule has 0 radical (unpaired) electrons. The Hall–Kier alpha value is -1.92. The molecular formula is C23H32N2O4. The molecule has 1 aliphatic carbocycles. The van der Waals surface area contributed by atoms with Gasteiger partial charge in [0.1, 0.15) is 0 Å². The van der Waals surface area contributed by atoms with E-state index in [1.54, 1.807) is 0 Å². The molecule has 2 fully saturated rings. The predicted molar refractivity (Wildman–Crippen MR) is 111 cm³/mol. The highest BCUT2D eigenvalue weighted by atomic mass is 16.5. The van der Waals surface area contributed by atoms with Gasteiger partial charge in [-0.25, -0.2) is 0 Å². The van der Waals surface area contributed by atoms with Crippen molar-refractivity contribution >= 4 is 12.0 Å². The van der Waals surface area contributed by atoms with Gasteiger partial charge in [0.25, 0.3) is 5.56 Å². The molecule has 1 aromatic rings. The molecule has 0 unspecified atom stereocenters. The highest BCUT2D eigenvalue weighted by molar-refractivity contribution is 5.74. The van der Waals surface area contributed by atoms with Crippen LogP contribution in [-0.4, -0.2) is 46.8 Å². The molecular weight excluding hydrogens is 368 g/mol. The van der Waals surface area contributed by atoms with Gasteiger partial charge in [0.15, 0.2) is 0 Å². The summed E-state index contributed by atoms with van der Waals surface area (Å²) in [5.74, 6) is -0.339. The van der Waals surface area contributed by atoms with Crippen LogP contribution in [0, 0.1) is 17.8 Å². The maximum Gasteiger partial charge on any atom is 0.311 e. The van der Waals surface area contributed by atoms with Crippen LogP contribution in [0.3, 0.4) is 0 Å². The molecule has 158 valence electrons. The SMILES string of the molecule is C/C=C/c1ccc2n(c1=O)C[C@H]1[C@H](CO)[C@@H](C(=O)OC)[C@@H]2N1CC1CCCCC1. The van der Waals surface area contributed by atoms with Gasteiger partial charge in [-0.05, 0) is 37.8 Å². The third-order valence-electron chi connectivity index (χ3n) is 7.21. The molecule has 4 atom stereocenters. The van der Waals surface area contributed by atoms with E-state index >= 15 is 0 Å². The van der Waals surface area contributed by atoms with Crippen molar-refractivity contribution < 1.29 is 14.6 Å². The molecule has 0 aromatic carbocycles. The first-order valence-electron chi connectivity index (χ1n) is 10.9. The van der Waals surface area contributed by atoms with Gasteiger partial charge in [-0.2, -0.15) is 0 Å². The lowest BCUT2D eigenvalue weighted by Gasteiger charge is -2.40. The number of hydrogen-bond donors (Lipinski definition) is 1. The zero-order valence-electron chi connectivity index (χ0n) is 17.4. The highest BCUT2D eigenvalue weighted by Gasteiger charge is 2.56. The topological polar surface area (TPSA) is 71.8 Å². The number of carbonyl (C=O) groups is 1. The van der Waals surface area contributed by atoms with E-state index in [1.807, 2.05) is 35.8 Å². The Labute approximate surface area is 172 Å². The number of aromatic nitrogens is 1. The third kappa shape index (κ3) is 3.46. The lowest BCUT2D eigenvalue weighted by molar-refractivity contribution is -0.148. The smallest absolute Gasteiger partial charge is 0.311 e. The van der Waals surface area contributed by atoms with Crippen LogP contribution in [0.15, 0.2) is 23.0 Å². The van der Waals surface area contributed by atoms with E-state index in [-0.39, 0.29) is 36.1 Å². The zero-order valence-corrected chi connectivity index (χ0v) is 17.4. The van der Waals surface area contributed by atoms with Crippen molar-refractivity contribution in [1.82, 2.24) is 9.47 Å². The van der Waals surface area contributed by atoms with Crippen LogP contribution < -0.4 is 5.56 Å². The fraction of sp³-hybridized carbons (Fsp3) is 0.652. The molecule has 6 heteroatoms. The predicted octanol–water partition coefficient (Wildman–Crippen LogP) is 2.60. The number of ether oxygens (including phenoxy) is 1. The highest BCUT2D eigenvalue weighted by Crippen LogP contribution is 2.49. The van der Waals surface area contributed by atoms with Crippen molar-refractivity contribution in [3.63, 3.8) is 0 Å². The minimum Gasteiger partial charge on any atom is -0.469 e. The van der Waals surface area contributed by atoms with Crippen molar-refractivity contribution in [2.24, 2.45) is 17.8 Å². The summed E-state index contributed by atoms with van der Waals surface area (Å²) in [6.07, 6.45) is 9.96. The number of pyridine rings is 1. The number of carbonyl (C=O) groups excluding carboxylic acids is 1. The zero-order chi connectivity index (χ0) is 20.5. The largest absolute Gasteiger partial charge is 0.469 e. The Kier molecular flexibility index (Phi) is 5.93. The molecule has 3 aliphatic rings. The number of allylic oxidation sites excluding steroid dienone is 1. The van der Waals surface area contributed by atoms with Gasteiger partial charge < -0.3 is 14.4 Å². The van der Waals surface area contributed by atoms with Crippen LogP contribution in [0.1, 0.15) is 56.3 Å². The second-order valence-corrected chi connectivity index (χ2v) is 8.74. The second-order valence-electron chi connectivity index (χ2n) is 8.74. The Balaban J connectivity index is 1.78. The molecule has 2 aliphatic heterocycles. The Morgan fingerprint density at radius 1 is 1.28 bits per heavy atom. The van der Waals surface area contributed by atoms with E-state index in [9.17, 15) is 14.7 Å². The van der Waals surface area contributed by atoms with E-state index in [1.165, 1.54) is 39.2 Å². The van der Waals surface area contributed by atoms with E-state index in [0.29, 0.717) is 18.0 Å². The Bertz CT molecular complexity index is 840. The molecule has 4 rings (SSSR count). The molecule has 0 spiro atoms. The third-order valence-corrected chi connectivity index (χ3v) is 7.21. The molecule has 3 heterocycles. The maximum absolute atomic E-state index is 13.1. The summed E-state index contributed by atoms with van der Waals surface area (Å²) in [6, 6.07) is 3.60. The number of fused-ring (bicyclic) bond motifs is 4. The molecule has 1 N–H and O–H groups in total. The van der Waals surface area contributed by atoms with Gasteiger partial charge >= 0.3 is 5.97 Å². The Morgan fingerprint density at radius 3 is 2.69 bits per heavy atom. The summed E-state index contributed by atoms with van der Waals surface area (Å²) in [5, 5.41) is 10.2. The first-order valence-corrected chi connectivity index (χ1v) is 10.9. The molecule has 29 heavy (non-hydrogen) atoms. The summed E-state index contributed by atoms with van der Waals surface area (Å²) in [5.41, 5.74) is 1.52. The van der Waals surface area contributed by atoms with Gasteiger partial charge in [-0.1, -0.05) is 31.4 Å². The summed E-state index contributed by atoms with van der Waals surface area (Å²) in [4.78, 5) is 28.2. The van der Waals surface area contributed by atoms with E-state index in [2.05, 4.69) is 4.90 Å². The standard InChI is InChI=1S/C23H32N2O4/c1-3-7-16-10-11-18-21-20(23(28)29-2)17(14-26)19(13-25(18)22(16)27)24(21)12-15-8-5-4-6-9-15/h3,7,10-11,15,17,19-21,26H,4-6,8-9,12-14H2,1-2H3/b7-3+/t17-,19-,20+,21+/m0/s1. The average molecular weight is 401 g/mol. The van der Waals surface area contributed by atoms with Crippen molar-refractivity contribution in [2.45, 2.75) is 57.7 Å². The van der Waals surface area contributed by atoms with Crippen molar-refractivity contribution in [2.75, 3.05) is 20.3 Å². The number of rotatable bonds is 5. The van der Waals surface area contributed by atoms with E-state index in [0.717, 1.165) is 12.2 Å². The lowest BCUT2D eigenvalue weighted by Crippen LogP contribution is -2.48. The van der Waals surface area contributed by atoms with Crippen molar-refractivity contribution in [3.8, 4) is 0 Å². The normalized spacial score (nSPS) is 29.9. The minimum absolute atomic E-state index is 0.0184. The summed E-state index contributed by atoms with van der Waals surface area (Å²) in [7, 11) is 1.41. The molecule has 1 aromatic heterocycles. The Morgan fingerprint density at radius 2 is 2.03 bits per heavy atom. The first kappa shape index (κ1) is 20.4. The minimum atomic E-state index is -0.445. The van der Waals surface area contributed by atoms with Crippen LogP contribution in [0.4, 0.5) is 0 Å². The van der Waals surface area contributed by atoms with Gasteiger partial charge in [0, 0.05) is 42.9 Å². The fourth-order valence-electron chi connectivity index (χ4n) is 5.87. The van der Waals surface area contributed by atoms with Crippen LogP contribution >= 0.6 is 0 Å². The van der Waals surface area contributed by atoms with Crippen molar-refractivity contribution in [1.29, 1.82) is 0 Å². The van der Waals surface area contributed by atoms with Crippen LogP contribution in [0.2, 0.25) is 0 Å². The van der Waals surface area contributed by atoms with Crippen LogP contribution in [-0.2, 0) is 16.1 Å². The van der Waals surface area contributed by atoms with E-state index < -0.39 is 5.92 Å². The summed E-state index contributed by atoms with van der Waals surface area (Å²) < 4.78 is 6.97. The number of aliphatic hydroxyl groups excluding tert-OH is 1. The quantitative estimate of drug-likeness (QED) is 0.770. The number of hydrogen-bond acceptors (Lipinski definition) is 5. The molecule has 6 nitrogen and oxygen atoms in total. The lowest BCUT2D eigenvalue weighted by atomic mass is 9.87. The first-order chi connectivity index (χ1) is 14.1. The second kappa shape index (κ2) is 8.44. The molecule has 2 bridgehead atoms. The number of nitrogens with zero attached hydrogens (tertiary/aromatic N) is 2. The maximum atomic E-state index is 13.1. The molecule has 0 amide bonds. The summed E-state index contributed by atoms with van der Waals surface area (Å²) in [6.45, 7) is 3.26. The average Bonchev–Trinajstić information content (AvgIpc) is 2.95. The van der Waals surface area contributed by atoms with Crippen molar-refractivity contribution in [3.05, 3.63) is 39.8 Å². The van der Waals surface area contributed by atoms with E-state index in [4.69, 9.17) is 4.74 Å².